The van der Waals surface area contributed by atoms with Gasteiger partial charge in [0.05, 0.1) is 6.61 Å². The Bertz CT molecular complexity index is 380. The highest BCUT2D eigenvalue weighted by atomic mass is 35.5. The van der Waals surface area contributed by atoms with Crippen LogP contribution in [0.15, 0.2) is 24.3 Å². The SMILES string of the molecule is COCCN(Cc1ccccc1Cl)C1CCNCC1. The molecule has 1 aliphatic heterocycles. The first-order valence-electron chi connectivity index (χ1n) is 6.98. The van der Waals surface area contributed by atoms with Crippen molar-refractivity contribution < 1.29 is 4.74 Å². The van der Waals surface area contributed by atoms with E-state index in [1.165, 1.54) is 18.4 Å². The summed E-state index contributed by atoms with van der Waals surface area (Å²) in [5, 5.41) is 4.28. The van der Waals surface area contributed by atoms with Crippen LogP contribution in [0, 0.1) is 0 Å². The second-order valence-electron chi connectivity index (χ2n) is 5.04. The van der Waals surface area contributed by atoms with Crippen LogP contribution in [-0.2, 0) is 11.3 Å². The van der Waals surface area contributed by atoms with Crippen LogP contribution in [0.25, 0.3) is 0 Å². The molecule has 3 nitrogen and oxygen atoms in total. The fourth-order valence-corrected chi connectivity index (χ4v) is 2.81. The summed E-state index contributed by atoms with van der Waals surface area (Å²) in [5.41, 5.74) is 1.21. The van der Waals surface area contributed by atoms with Gasteiger partial charge in [-0.3, -0.25) is 4.90 Å². The van der Waals surface area contributed by atoms with E-state index >= 15 is 0 Å². The molecule has 1 saturated heterocycles. The summed E-state index contributed by atoms with van der Waals surface area (Å²) in [7, 11) is 1.76. The normalized spacial score (nSPS) is 17.0. The van der Waals surface area contributed by atoms with Gasteiger partial charge in [0, 0.05) is 31.3 Å². The molecule has 0 aliphatic carbocycles. The van der Waals surface area contributed by atoms with Crippen molar-refractivity contribution in [2.24, 2.45) is 0 Å². The lowest BCUT2D eigenvalue weighted by Crippen LogP contribution is -2.44. The van der Waals surface area contributed by atoms with Gasteiger partial charge in [0.2, 0.25) is 0 Å². The Balaban J connectivity index is 2.02. The number of rotatable bonds is 6. The molecule has 0 amide bonds. The number of nitrogens with one attached hydrogen (secondary N) is 1. The Kier molecular flexibility index (Phi) is 6.11. The van der Waals surface area contributed by atoms with E-state index in [2.05, 4.69) is 22.3 Å². The van der Waals surface area contributed by atoms with Crippen LogP contribution in [0.2, 0.25) is 5.02 Å². The Hall–Kier alpha value is -0.610. The number of hydrogen-bond donors (Lipinski definition) is 1. The largest absolute Gasteiger partial charge is 0.383 e. The number of benzene rings is 1. The molecule has 4 heteroatoms. The van der Waals surface area contributed by atoms with E-state index in [4.69, 9.17) is 16.3 Å². The molecule has 1 heterocycles. The molecule has 19 heavy (non-hydrogen) atoms. The van der Waals surface area contributed by atoms with Gasteiger partial charge in [-0.25, -0.2) is 0 Å². The average Bonchev–Trinajstić information content (AvgIpc) is 2.46. The molecule has 1 aliphatic rings. The Labute approximate surface area is 120 Å². The van der Waals surface area contributed by atoms with Gasteiger partial charge in [0.15, 0.2) is 0 Å². The van der Waals surface area contributed by atoms with Gasteiger partial charge in [-0.05, 0) is 37.6 Å². The summed E-state index contributed by atoms with van der Waals surface area (Å²) >= 11 is 6.27. The standard InChI is InChI=1S/C15H23ClN2O/c1-19-11-10-18(14-6-8-17-9-7-14)12-13-4-2-3-5-15(13)16/h2-5,14,17H,6-12H2,1H3. The van der Waals surface area contributed by atoms with Crippen LogP contribution in [0.5, 0.6) is 0 Å². The Morgan fingerprint density at radius 1 is 1.32 bits per heavy atom. The monoisotopic (exact) mass is 282 g/mol. The van der Waals surface area contributed by atoms with Crippen molar-refractivity contribution in [1.82, 2.24) is 10.2 Å². The molecule has 1 fully saturated rings. The first-order chi connectivity index (χ1) is 9.31. The molecule has 2 rings (SSSR count). The Morgan fingerprint density at radius 3 is 2.74 bits per heavy atom. The first-order valence-corrected chi connectivity index (χ1v) is 7.36. The second-order valence-corrected chi connectivity index (χ2v) is 5.44. The lowest BCUT2D eigenvalue weighted by Gasteiger charge is -2.34. The van der Waals surface area contributed by atoms with Gasteiger partial charge < -0.3 is 10.1 Å². The van der Waals surface area contributed by atoms with Gasteiger partial charge in [-0.15, -0.1) is 0 Å². The van der Waals surface area contributed by atoms with E-state index in [0.29, 0.717) is 6.04 Å². The third kappa shape index (κ3) is 4.46. The number of hydrogen-bond acceptors (Lipinski definition) is 3. The number of piperidine rings is 1. The van der Waals surface area contributed by atoms with Crippen LogP contribution >= 0.6 is 11.6 Å². The highest BCUT2D eigenvalue weighted by molar-refractivity contribution is 6.31. The zero-order valence-electron chi connectivity index (χ0n) is 11.6. The zero-order chi connectivity index (χ0) is 13.5. The molecule has 106 valence electrons. The number of halogens is 1. The predicted molar refractivity (Wildman–Crippen MR) is 79.6 cm³/mol. The summed E-state index contributed by atoms with van der Waals surface area (Å²) in [6, 6.07) is 8.75. The predicted octanol–water partition coefficient (Wildman–Crippen LogP) is 2.54. The third-order valence-electron chi connectivity index (χ3n) is 3.74. The average molecular weight is 283 g/mol. The van der Waals surface area contributed by atoms with E-state index < -0.39 is 0 Å². The summed E-state index contributed by atoms with van der Waals surface area (Å²) in [6.45, 7) is 4.86. The second kappa shape index (κ2) is 7.85. The van der Waals surface area contributed by atoms with Crippen molar-refractivity contribution in [3.63, 3.8) is 0 Å². The maximum Gasteiger partial charge on any atom is 0.0589 e. The molecule has 0 atom stereocenters. The van der Waals surface area contributed by atoms with E-state index in [1.807, 2.05) is 12.1 Å². The van der Waals surface area contributed by atoms with Gasteiger partial charge in [0.25, 0.3) is 0 Å². The maximum absolute atomic E-state index is 6.27. The van der Waals surface area contributed by atoms with E-state index in [1.54, 1.807) is 7.11 Å². The topological polar surface area (TPSA) is 24.5 Å². The van der Waals surface area contributed by atoms with Crippen molar-refractivity contribution in [2.45, 2.75) is 25.4 Å². The van der Waals surface area contributed by atoms with Gasteiger partial charge in [0.1, 0.15) is 0 Å². The molecule has 0 saturated carbocycles. The Morgan fingerprint density at radius 2 is 2.05 bits per heavy atom. The van der Waals surface area contributed by atoms with Crippen molar-refractivity contribution in [3.05, 3.63) is 34.9 Å². The molecule has 1 aromatic carbocycles. The molecule has 0 spiro atoms. The zero-order valence-corrected chi connectivity index (χ0v) is 12.3. The highest BCUT2D eigenvalue weighted by Crippen LogP contribution is 2.20. The minimum Gasteiger partial charge on any atom is -0.383 e. The van der Waals surface area contributed by atoms with Crippen LogP contribution in [0.1, 0.15) is 18.4 Å². The maximum atomic E-state index is 6.27. The number of nitrogens with zero attached hydrogens (tertiary/aromatic N) is 1. The van der Waals surface area contributed by atoms with Crippen LogP contribution in [0.4, 0.5) is 0 Å². The summed E-state index contributed by atoms with van der Waals surface area (Å²) in [5.74, 6) is 0. The molecule has 0 bridgehead atoms. The van der Waals surface area contributed by atoms with Crippen LogP contribution < -0.4 is 5.32 Å². The minimum atomic E-state index is 0.632. The summed E-state index contributed by atoms with van der Waals surface area (Å²) in [6.07, 6.45) is 2.41. The van der Waals surface area contributed by atoms with Gasteiger partial charge >= 0.3 is 0 Å². The highest BCUT2D eigenvalue weighted by Gasteiger charge is 2.21. The van der Waals surface area contributed by atoms with E-state index in [9.17, 15) is 0 Å². The molecular formula is C15H23ClN2O. The van der Waals surface area contributed by atoms with Crippen molar-refractivity contribution in [1.29, 1.82) is 0 Å². The van der Waals surface area contributed by atoms with Crippen molar-refractivity contribution in [2.75, 3.05) is 33.4 Å². The van der Waals surface area contributed by atoms with Gasteiger partial charge in [-0.1, -0.05) is 29.8 Å². The summed E-state index contributed by atoms with van der Waals surface area (Å²) < 4.78 is 5.24. The number of methoxy groups -OCH3 is 1. The molecule has 1 N–H and O–H groups in total. The fraction of sp³-hybridized carbons (Fsp3) is 0.600. The van der Waals surface area contributed by atoms with Crippen LogP contribution in [0.3, 0.4) is 0 Å². The molecule has 0 aromatic heterocycles. The van der Waals surface area contributed by atoms with Gasteiger partial charge in [-0.2, -0.15) is 0 Å². The lowest BCUT2D eigenvalue weighted by atomic mass is 10.0. The van der Waals surface area contributed by atoms with E-state index in [0.717, 1.165) is 37.8 Å². The molecule has 1 aromatic rings. The number of ether oxygens (including phenoxy) is 1. The van der Waals surface area contributed by atoms with E-state index in [-0.39, 0.29) is 0 Å². The molecular weight excluding hydrogens is 260 g/mol. The molecule has 0 unspecified atom stereocenters. The van der Waals surface area contributed by atoms with Crippen LogP contribution in [-0.4, -0.2) is 44.3 Å². The quantitative estimate of drug-likeness (QED) is 0.868. The van der Waals surface area contributed by atoms with Crippen molar-refractivity contribution >= 4 is 11.6 Å². The molecule has 0 radical (unpaired) electrons. The smallest absolute Gasteiger partial charge is 0.0589 e. The first kappa shape index (κ1) is 14.8. The van der Waals surface area contributed by atoms with Crippen molar-refractivity contribution in [3.8, 4) is 0 Å². The summed E-state index contributed by atoms with van der Waals surface area (Å²) in [4.78, 5) is 2.51. The fourth-order valence-electron chi connectivity index (χ4n) is 2.62. The minimum absolute atomic E-state index is 0.632. The third-order valence-corrected chi connectivity index (χ3v) is 4.11. The lowest BCUT2D eigenvalue weighted by molar-refractivity contribution is 0.0996.